The van der Waals surface area contributed by atoms with Crippen molar-refractivity contribution in [3.8, 4) is 28.2 Å². The van der Waals surface area contributed by atoms with E-state index in [1.807, 2.05) is 0 Å². The average Bonchev–Trinajstić information content (AvgIpc) is 1.59. The van der Waals surface area contributed by atoms with Crippen LogP contribution in [-0.4, -0.2) is 20.4 Å². The molecule has 412 valence electrons. The van der Waals surface area contributed by atoms with Crippen molar-refractivity contribution >= 4 is 88.5 Å². The van der Waals surface area contributed by atoms with Crippen molar-refractivity contribution in [2.45, 2.75) is 163 Å². The first-order valence-electron chi connectivity index (χ1n) is 30.8. The molecule has 0 unspecified atom stereocenters. The van der Waals surface area contributed by atoms with Gasteiger partial charge in [-0.2, -0.15) is 0 Å². The third kappa shape index (κ3) is 6.49. The summed E-state index contributed by atoms with van der Waals surface area (Å²) in [5, 5.41) is 8.00. The summed E-state index contributed by atoms with van der Waals surface area (Å²) in [5.74, 6) is 0. The van der Waals surface area contributed by atoms with Gasteiger partial charge >= 0.3 is 0 Å². The van der Waals surface area contributed by atoms with E-state index in [2.05, 4.69) is 284 Å². The van der Waals surface area contributed by atoms with Gasteiger partial charge in [0.25, 0.3) is 6.71 Å². The molecular formula is C79H78BN3. The van der Waals surface area contributed by atoms with Gasteiger partial charge in [-0.15, -0.1) is 0 Å². The Morgan fingerprint density at radius 1 is 0.325 bits per heavy atom. The fourth-order valence-electron chi connectivity index (χ4n) is 16.0. The molecular weight excluding hydrogens is 1000 g/mol. The molecule has 3 nitrogen and oxygen atoms in total. The summed E-state index contributed by atoms with van der Waals surface area (Å²) in [6.45, 7) is 43.0. The van der Waals surface area contributed by atoms with E-state index >= 15 is 0 Å². The van der Waals surface area contributed by atoms with Gasteiger partial charge in [0.15, 0.2) is 0 Å². The maximum atomic E-state index is 2.83. The van der Waals surface area contributed by atoms with Gasteiger partial charge in [0, 0.05) is 54.9 Å². The van der Waals surface area contributed by atoms with Crippen molar-refractivity contribution in [1.29, 1.82) is 0 Å². The molecule has 3 aliphatic heterocycles. The van der Waals surface area contributed by atoms with Crippen LogP contribution in [0.4, 0.5) is 0 Å². The minimum Gasteiger partial charge on any atom is -0.310 e. The Morgan fingerprint density at radius 2 is 0.807 bits per heavy atom. The van der Waals surface area contributed by atoms with Crippen molar-refractivity contribution < 1.29 is 0 Å². The van der Waals surface area contributed by atoms with Crippen LogP contribution in [0.1, 0.15) is 180 Å². The SMILES string of the molecule is CC(C)(C)c1ccc2c(c1)C1(c3cc(C(C)(C)C)ccc3-2)c2ccc3c4c2-n2c5c(cc(C(C)(C)C)cc5c5cc(C(C)(C)C)cc1c52)B4c1c2c4ccc(C(C)(C)C)cc4n(-c4ccccc4)c2cc2c4ccc(C(C)(C)C)cc4n-3c12. The van der Waals surface area contributed by atoms with Crippen LogP contribution in [0, 0.1) is 0 Å². The number of aromatic nitrogens is 3. The highest BCUT2D eigenvalue weighted by atomic mass is 15.1. The van der Waals surface area contributed by atoms with Crippen LogP contribution < -0.4 is 16.4 Å². The topological polar surface area (TPSA) is 14.8 Å². The first-order valence-corrected chi connectivity index (χ1v) is 30.8. The van der Waals surface area contributed by atoms with Crippen molar-refractivity contribution in [2.75, 3.05) is 0 Å². The lowest BCUT2D eigenvalue weighted by Crippen LogP contribution is -2.61. The smallest absolute Gasteiger partial charge is 0.253 e. The van der Waals surface area contributed by atoms with E-state index in [1.165, 1.54) is 166 Å². The summed E-state index contributed by atoms with van der Waals surface area (Å²) in [6, 6.07) is 59.6. The van der Waals surface area contributed by atoms with Crippen LogP contribution in [0.15, 0.2) is 146 Å². The summed E-state index contributed by atoms with van der Waals surface area (Å²) in [7, 11) is 0. The van der Waals surface area contributed by atoms with E-state index in [4.69, 9.17) is 0 Å². The molecule has 3 aromatic heterocycles. The number of para-hydroxylation sites is 1. The van der Waals surface area contributed by atoms with Gasteiger partial charge in [0.1, 0.15) is 0 Å². The van der Waals surface area contributed by atoms with Crippen LogP contribution in [-0.2, 0) is 37.9 Å². The molecule has 0 radical (unpaired) electrons. The van der Waals surface area contributed by atoms with Crippen LogP contribution in [0.5, 0.6) is 0 Å². The Balaban J connectivity index is 1.20. The average molecular weight is 1080 g/mol. The fourth-order valence-corrected chi connectivity index (χ4v) is 16.0. The second kappa shape index (κ2) is 15.6. The number of fused-ring (bicyclic) bond motifs is 18. The maximum absolute atomic E-state index is 2.83. The Bertz CT molecular complexity index is 4880. The predicted octanol–water partition coefficient (Wildman–Crippen LogP) is 18.6. The van der Waals surface area contributed by atoms with E-state index in [0.717, 1.165) is 0 Å². The third-order valence-electron chi connectivity index (χ3n) is 20.5. The Labute approximate surface area is 491 Å². The molecule has 83 heavy (non-hydrogen) atoms. The summed E-state index contributed by atoms with van der Waals surface area (Å²) >= 11 is 0. The standard InChI is InChI=1S/C79H78BN3/c1-73(2,3)43-24-28-50-51-29-25-44(74(4,5)6)37-59(51)79(58(50)36-43)57-32-33-62-67-72(57)83-69-54(34-47(38-60(69)79)77(13,14)15)55-35-48(78(16,17)18)39-61(70(55)83)80(67)68-66-53-31-27-46(76(10,11)12)41-64(53)81(49-22-20-19-21-23-49)65(66)42-56-52-30-26-45(75(7,8)9)40-63(52)82(62)71(56)68/h19-42H,1-18H3. The molecule has 0 amide bonds. The van der Waals surface area contributed by atoms with Crippen molar-refractivity contribution in [2.24, 2.45) is 0 Å². The molecule has 0 atom stereocenters. The van der Waals surface area contributed by atoms with Crippen LogP contribution in [0.2, 0.25) is 0 Å². The third-order valence-corrected chi connectivity index (χ3v) is 20.5. The molecule has 4 aliphatic rings. The summed E-state index contributed by atoms with van der Waals surface area (Å²) in [4.78, 5) is 0. The molecule has 16 rings (SSSR count). The predicted molar refractivity (Wildman–Crippen MR) is 357 cm³/mol. The zero-order valence-electron chi connectivity index (χ0n) is 52.3. The number of hydrogen-bond donors (Lipinski definition) is 0. The molecule has 9 aromatic carbocycles. The monoisotopic (exact) mass is 1080 g/mol. The number of nitrogens with zero attached hydrogens (tertiary/aromatic N) is 3. The van der Waals surface area contributed by atoms with Gasteiger partial charge in [-0.25, -0.2) is 0 Å². The normalized spacial score (nSPS) is 15.2. The van der Waals surface area contributed by atoms with E-state index in [9.17, 15) is 0 Å². The number of rotatable bonds is 1. The zero-order chi connectivity index (χ0) is 58.1. The summed E-state index contributed by atoms with van der Waals surface area (Å²) in [6.07, 6.45) is 0. The lowest BCUT2D eigenvalue weighted by atomic mass is 9.33. The van der Waals surface area contributed by atoms with E-state index in [1.54, 1.807) is 0 Å². The molecule has 12 aromatic rings. The van der Waals surface area contributed by atoms with E-state index < -0.39 is 5.41 Å². The molecule has 0 fully saturated rings. The minimum absolute atomic E-state index is 0.0447. The first-order chi connectivity index (χ1) is 39.0. The maximum Gasteiger partial charge on any atom is 0.253 e. The Hall–Kier alpha value is -7.56. The zero-order valence-corrected chi connectivity index (χ0v) is 52.3. The number of hydrogen-bond acceptors (Lipinski definition) is 0. The second-order valence-corrected chi connectivity index (χ2v) is 31.9. The van der Waals surface area contributed by atoms with Gasteiger partial charge in [0.05, 0.1) is 33.0 Å². The molecule has 0 N–H and O–H groups in total. The lowest BCUT2D eigenvalue weighted by Gasteiger charge is -2.45. The first kappa shape index (κ1) is 51.1. The minimum atomic E-state index is -0.650. The van der Waals surface area contributed by atoms with Gasteiger partial charge in [0.2, 0.25) is 0 Å². The molecule has 0 saturated carbocycles. The Kier molecular flexibility index (Phi) is 9.61. The summed E-state index contributed by atoms with van der Waals surface area (Å²) in [5.41, 5.74) is 31.3. The fraction of sp³-hybridized carbons (Fsp3) is 0.316. The van der Waals surface area contributed by atoms with Crippen molar-refractivity contribution in [3.05, 3.63) is 201 Å². The number of benzene rings is 9. The van der Waals surface area contributed by atoms with E-state index in [-0.39, 0.29) is 39.2 Å². The summed E-state index contributed by atoms with van der Waals surface area (Å²) < 4.78 is 8.20. The molecule has 1 aliphatic carbocycles. The quantitative estimate of drug-likeness (QED) is 0.146. The molecule has 0 saturated heterocycles. The van der Waals surface area contributed by atoms with Gasteiger partial charge < -0.3 is 13.7 Å². The Morgan fingerprint density at radius 3 is 1.37 bits per heavy atom. The largest absolute Gasteiger partial charge is 0.310 e. The molecule has 4 heteroatoms. The van der Waals surface area contributed by atoms with Gasteiger partial charge in [-0.1, -0.05) is 222 Å². The van der Waals surface area contributed by atoms with Gasteiger partial charge in [-0.05, 0) is 164 Å². The molecule has 6 heterocycles. The van der Waals surface area contributed by atoms with Crippen LogP contribution in [0.25, 0.3) is 93.6 Å². The highest BCUT2D eigenvalue weighted by Crippen LogP contribution is 2.63. The highest BCUT2D eigenvalue weighted by molar-refractivity contribution is 7.02. The molecule has 1 spiro atoms. The van der Waals surface area contributed by atoms with Gasteiger partial charge in [-0.3, -0.25) is 0 Å². The second-order valence-electron chi connectivity index (χ2n) is 31.9. The molecule has 0 bridgehead atoms. The van der Waals surface area contributed by atoms with Crippen LogP contribution in [0.3, 0.4) is 0 Å². The van der Waals surface area contributed by atoms with Crippen molar-refractivity contribution in [1.82, 2.24) is 13.7 Å². The van der Waals surface area contributed by atoms with Crippen molar-refractivity contribution in [3.63, 3.8) is 0 Å². The van der Waals surface area contributed by atoms with E-state index in [0.29, 0.717) is 0 Å². The highest BCUT2D eigenvalue weighted by Gasteiger charge is 2.56. The van der Waals surface area contributed by atoms with Crippen LogP contribution >= 0.6 is 0 Å². The lowest BCUT2D eigenvalue weighted by molar-refractivity contribution is 0.583.